The fraction of sp³-hybridized carbons (Fsp3) is 0. The smallest absolute Gasteiger partial charge is 0.237 e. The summed E-state index contributed by atoms with van der Waals surface area (Å²) in [5.41, 5.74) is 4.46. The first-order valence-corrected chi connectivity index (χ1v) is 9.73. The van der Waals surface area contributed by atoms with Gasteiger partial charge in [0.2, 0.25) is 0 Å². The van der Waals surface area contributed by atoms with Crippen LogP contribution in [-0.2, 0) is 0 Å². The molecule has 0 bridgehead atoms. The number of nitrogens with zero attached hydrogens (tertiary/aromatic N) is 2. The predicted molar refractivity (Wildman–Crippen MR) is 104 cm³/mol. The minimum absolute atomic E-state index is 0.831. The standard InChI is InChI=1S/C20H14N3S2/c1-2-10-23(11-3-1)20-21-18-14(16-6-4-12-24-16)8-9-15(19(18)22-20)17-7-5-13-25-17/h1-13H,(H,21,22)/q+1. The van der Waals surface area contributed by atoms with E-state index in [2.05, 4.69) is 52.1 Å². The number of rotatable bonds is 3. The van der Waals surface area contributed by atoms with Crippen LogP contribution in [-0.4, -0.2) is 9.97 Å². The van der Waals surface area contributed by atoms with Gasteiger partial charge in [-0.15, -0.1) is 22.7 Å². The van der Waals surface area contributed by atoms with Crippen LogP contribution in [0.1, 0.15) is 0 Å². The van der Waals surface area contributed by atoms with Gasteiger partial charge in [0.1, 0.15) is 0 Å². The van der Waals surface area contributed by atoms with Crippen molar-refractivity contribution in [1.82, 2.24) is 9.97 Å². The Balaban J connectivity index is 1.81. The number of benzene rings is 1. The van der Waals surface area contributed by atoms with Gasteiger partial charge >= 0.3 is 5.95 Å². The molecule has 25 heavy (non-hydrogen) atoms. The number of thiophene rings is 2. The van der Waals surface area contributed by atoms with Gasteiger partial charge in [-0.25, -0.2) is 9.55 Å². The lowest BCUT2D eigenvalue weighted by molar-refractivity contribution is -0.603. The summed E-state index contributed by atoms with van der Waals surface area (Å²) < 4.78 is 2.01. The molecule has 1 aromatic carbocycles. The van der Waals surface area contributed by atoms with Crippen molar-refractivity contribution >= 4 is 33.7 Å². The number of aromatic nitrogens is 3. The Labute approximate surface area is 152 Å². The lowest BCUT2D eigenvalue weighted by Gasteiger charge is -2.01. The van der Waals surface area contributed by atoms with Gasteiger partial charge in [0.05, 0.1) is 12.4 Å². The molecule has 0 spiro atoms. The van der Waals surface area contributed by atoms with Gasteiger partial charge in [-0.2, -0.15) is 0 Å². The minimum Gasteiger partial charge on any atom is -0.237 e. The molecule has 5 rings (SSSR count). The highest BCUT2D eigenvalue weighted by Gasteiger charge is 2.21. The number of H-pyrrole nitrogens is 1. The van der Waals surface area contributed by atoms with E-state index in [9.17, 15) is 0 Å². The van der Waals surface area contributed by atoms with E-state index in [-0.39, 0.29) is 0 Å². The molecule has 4 aromatic heterocycles. The van der Waals surface area contributed by atoms with Crippen LogP contribution in [0.4, 0.5) is 0 Å². The molecule has 0 amide bonds. The maximum absolute atomic E-state index is 4.93. The van der Waals surface area contributed by atoms with Crippen LogP contribution in [0.5, 0.6) is 0 Å². The Bertz CT molecular complexity index is 1050. The SMILES string of the molecule is c1cc[n+](-c2nc3c(-c4cccs4)ccc(-c4cccs4)c3[nH]2)cc1. The van der Waals surface area contributed by atoms with E-state index in [0.29, 0.717) is 0 Å². The fourth-order valence-corrected chi connectivity index (χ4v) is 4.52. The third-order valence-electron chi connectivity index (χ3n) is 4.17. The molecule has 0 aliphatic heterocycles. The molecular formula is C20H14N3S2+. The quantitative estimate of drug-likeness (QED) is 0.435. The molecule has 5 heteroatoms. The molecule has 0 fully saturated rings. The van der Waals surface area contributed by atoms with E-state index in [0.717, 1.165) is 17.0 Å². The van der Waals surface area contributed by atoms with E-state index >= 15 is 0 Å². The molecule has 5 aromatic rings. The lowest BCUT2D eigenvalue weighted by atomic mass is 10.1. The molecule has 3 nitrogen and oxygen atoms in total. The summed E-state index contributed by atoms with van der Waals surface area (Å²) in [6.07, 6.45) is 4.01. The number of hydrogen-bond donors (Lipinski definition) is 1. The Hall–Kier alpha value is -2.76. The van der Waals surface area contributed by atoms with Crippen molar-refractivity contribution in [1.29, 1.82) is 0 Å². The maximum atomic E-state index is 4.93. The van der Waals surface area contributed by atoms with E-state index in [4.69, 9.17) is 4.98 Å². The summed E-state index contributed by atoms with van der Waals surface area (Å²) in [4.78, 5) is 10.9. The van der Waals surface area contributed by atoms with Gasteiger partial charge in [0.15, 0.2) is 11.0 Å². The second-order valence-corrected chi connectivity index (χ2v) is 7.58. The van der Waals surface area contributed by atoms with Crippen LogP contribution in [0.2, 0.25) is 0 Å². The summed E-state index contributed by atoms with van der Waals surface area (Å²) in [5.74, 6) is 0.831. The van der Waals surface area contributed by atoms with Gasteiger partial charge in [-0.1, -0.05) is 23.2 Å². The second kappa shape index (κ2) is 5.95. The largest absolute Gasteiger partial charge is 0.401 e. The zero-order valence-corrected chi connectivity index (χ0v) is 14.8. The van der Waals surface area contributed by atoms with Gasteiger partial charge < -0.3 is 0 Å². The molecule has 0 atom stereocenters. The highest BCUT2D eigenvalue weighted by molar-refractivity contribution is 7.14. The Morgan fingerprint density at radius 2 is 1.44 bits per heavy atom. The molecule has 0 saturated carbocycles. The first-order valence-electron chi connectivity index (χ1n) is 7.97. The van der Waals surface area contributed by atoms with Crippen LogP contribution in [0.3, 0.4) is 0 Å². The van der Waals surface area contributed by atoms with Crippen LogP contribution in [0.25, 0.3) is 37.9 Å². The number of pyridine rings is 1. The van der Waals surface area contributed by atoms with Gasteiger partial charge in [0, 0.05) is 20.9 Å². The van der Waals surface area contributed by atoms with Crippen molar-refractivity contribution in [3.8, 4) is 26.8 Å². The molecule has 120 valence electrons. The van der Waals surface area contributed by atoms with Crippen molar-refractivity contribution in [2.45, 2.75) is 0 Å². The third kappa shape index (κ3) is 2.49. The van der Waals surface area contributed by atoms with E-state index < -0.39 is 0 Å². The second-order valence-electron chi connectivity index (χ2n) is 5.68. The average Bonchev–Trinajstić information content (AvgIpc) is 3.42. The number of hydrogen-bond acceptors (Lipinski definition) is 3. The summed E-state index contributed by atoms with van der Waals surface area (Å²) in [7, 11) is 0. The van der Waals surface area contributed by atoms with Crippen molar-refractivity contribution in [3.63, 3.8) is 0 Å². The fourth-order valence-electron chi connectivity index (χ4n) is 3.01. The van der Waals surface area contributed by atoms with Crippen molar-refractivity contribution in [2.24, 2.45) is 0 Å². The number of nitrogens with one attached hydrogen (secondary N) is 1. The van der Waals surface area contributed by atoms with E-state index in [1.165, 1.54) is 20.9 Å². The van der Waals surface area contributed by atoms with E-state index in [1.54, 1.807) is 22.7 Å². The lowest BCUT2D eigenvalue weighted by Crippen LogP contribution is -2.30. The molecule has 4 heterocycles. The molecule has 0 saturated heterocycles. The number of imidazole rings is 1. The maximum Gasteiger partial charge on any atom is 0.401 e. The van der Waals surface area contributed by atoms with Crippen molar-refractivity contribution < 1.29 is 4.57 Å². The average molecular weight is 360 g/mol. The topological polar surface area (TPSA) is 32.6 Å². The monoisotopic (exact) mass is 360 g/mol. The molecule has 1 N–H and O–H groups in total. The van der Waals surface area contributed by atoms with Crippen molar-refractivity contribution in [3.05, 3.63) is 77.8 Å². The normalized spacial score (nSPS) is 11.2. The summed E-state index contributed by atoms with van der Waals surface area (Å²) >= 11 is 3.49. The first kappa shape index (κ1) is 14.6. The zero-order valence-electron chi connectivity index (χ0n) is 13.2. The molecular weight excluding hydrogens is 346 g/mol. The van der Waals surface area contributed by atoms with Gasteiger partial charge in [-0.05, 0) is 47.2 Å². The summed E-state index contributed by atoms with van der Waals surface area (Å²) in [6, 6.07) is 18.9. The highest BCUT2D eigenvalue weighted by Crippen LogP contribution is 2.37. The van der Waals surface area contributed by atoms with E-state index in [1.807, 2.05) is 35.2 Å². The van der Waals surface area contributed by atoms with Crippen molar-refractivity contribution in [2.75, 3.05) is 0 Å². The molecule has 0 radical (unpaired) electrons. The van der Waals surface area contributed by atoms with Crippen LogP contribution >= 0.6 is 22.7 Å². The first-order chi connectivity index (χ1) is 12.4. The molecule has 0 aliphatic rings. The number of aromatic amines is 1. The number of fused-ring (bicyclic) bond motifs is 1. The summed E-state index contributed by atoms with van der Waals surface area (Å²) in [6.45, 7) is 0. The minimum atomic E-state index is 0.831. The van der Waals surface area contributed by atoms with Gasteiger partial charge in [0.25, 0.3) is 0 Å². The van der Waals surface area contributed by atoms with Crippen LogP contribution in [0.15, 0.2) is 77.8 Å². The van der Waals surface area contributed by atoms with Crippen LogP contribution in [0, 0.1) is 0 Å². The third-order valence-corrected chi connectivity index (χ3v) is 5.97. The predicted octanol–water partition coefficient (Wildman–Crippen LogP) is 5.30. The Morgan fingerprint density at radius 1 is 0.760 bits per heavy atom. The summed E-state index contributed by atoms with van der Waals surface area (Å²) in [5, 5.41) is 4.21. The highest BCUT2D eigenvalue weighted by atomic mass is 32.1. The zero-order chi connectivity index (χ0) is 16.6. The molecule has 0 unspecified atom stereocenters. The van der Waals surface area contributed by atoms with Gasteiger partial charge in [-0.3, -0.25) is 0 Å². The molecule has 0 aliphatic carbocycles. The Morgan fingerprint density at radius 3 is 2.12 bits per heavy atom. The van der Waals surface area contributed by atoms with Crippen LogP contribution < -0.4 is 4.57 Å². The Kier molecular flexibility index (Phi) is 3.47.